The van der Waals surface area contributed by atoms with E-state index in [2.05, 4.69) is 4.98 Å². The van der Waals surface area contributed by atoms with Crippen LogP contribution in [-0.2, 0) is 12.6 Å². The standard InChI is InChI=1S/C9H4ClF5N2/c10-7-5(9(13,14)15)3-4(1-2-16)6(17-7)8(11)12/h3,8H,1H2. The number of hydrogen-bond donors (Lipinski definition) is 0. The summed E-state index contributed by atoms with van der Waals surface area (Å²) in [5, 5.41) is 7.31. The molecule has 0 aliphatic heterocycles. The third-order valence-electron chi connectivity index (χ3n) is 1.87. The maximum Gasteiger partial charge on any atom is 0.419 e. The van der Waals surface area contributed by atoms with Crippen LogP contribution in [0.15, 0.2) is 6.07 Å². The van der Waals surface area contributed by atoms with E-state index in [9.17, 15) is 22.0 Å². The fourth-order valence-corrected chi connectivity index (χ4v) is 1.41. The van der Waals surface area contributed by atoms with Gasteiger partial charge in [-0.15, -0.1) is 0 Å². The molecule has 2 nitrogen and oxygen atoms in total. The van der Waals surface area contributed by atoms with Gasteiger partial charge in [0.05, 0.1) is 18.1 Å². The molecule has 0 fully saturated rings. The second-order valence-electron chi connectivity index (χ2n) is 3.00. The topological polar surface area (TPSA) is 36.7 Å². The van der Waals surface area contributed by atoms with Gasteiger partial charge < -0.3 is 0 Å². The Hall–Kier alpha value is -1.42. The highest BCUT2D eigenvalue weighted by molar-refractivity contribution is 6.30. The minimum absolute atomic E-state index is 0.431. The number of hydrogen-bond acceptors (Lipinski definition) is 2. The first-order valence-electron chi connectivity index (χ1n) is 4.19. The highest BCUT2D eigenvalue weighted by atomic mass is 35.5. The summed E-state index contributed by atoms with van der Waals surface area (Å²) in [7, 11) is 0. The fraction of sp³-hybridized carbons (Fsp3) is 0.333. The first kappa shape index (κ1) is 13.6. The van der Waals surface area contributed by atoms with E-state index in [4.69, 9.17) is 16.9 Å². The molecule has 1 rings (SSSR count). The molecule has 0 bridgehead atoms. The molecule has 1 aromatic heterocycles. The second-order valence-corrected chi connectivity index (χ2v) is 3.36. The summed E-state index contributed by atoms with van der Waals surface area (Å²) in [4.78, 5) is 3.00. The number of halogens is 6. The zero-order valence-electron chi connectivity index (χ0n) is 8.02. The van der Waals surface area contributed by atoms with E-state index in [1.54, 1.807) is 0 Å². The molecule has 8 heteroatoms. The van der Waals surface area contributed by atoms with Crippen molar-refractivity contribution in [2.75, 3.05) is 0 Å². The monoisotopic (exact) mass is 270 g/mol. The van der Waals surface area contributed by atoms with Crippen LogP contribution in [0.1, 0.15) is 23.2 Å². The molecule has 0 saturated carbocycles. The minimum Gasteiger partial charge on any atom is -0.234 e. The summed E-state index contributed by atoms with van der Waals surface area (Å²) < 4.78 is 62.1. The molecule has 0 N–H and O–H groups in total. The van der Waals surface area contributed by atoms with E-state index in [0.717, 1.165) is 0 Å². The molecule has 1 heterocycles. The molecular formula is C9H4ClF5N2. The van der Waals surface area contributed by atoms with Gasteiger partial charge in [0.1, 0.15) is 10.8 Å². The number of nitriles is 1. The zero-order chi connectivity index (χ0) is 13.2. The van der Waals surface area contributed by atoms with E-state index in [1.165, 1.54) is 6.07 Å². The molecule has 0 aliphatic carbocycles. The summed E-state index contributed by atoms with van der Waals surface area (Å²) in [6, 6.07) is 1.92. The van der Waals surface area contributed by atoms with Gasteiger partial charge in [0.25, 0.3) is 6.43 Å². The largest absolute Gasteiger partial charge is 0.419 e. The van der Waals surface area contributed by atoms with E-state index in [0.29, 0.717) is 6.07 Å². The molecule has 0 radical (unpaired) electrons. The molecular weight excluding hydrogens is 267 g/mol. The van der Waals surface area contributed by atoms with Crippen LogP contribution in [0, 0.1) is 11.3 Å². The fourth-order valence-electron chi connectivity index (χ4n) is 1.16. The third-order valence-corrected chi connectivity index (χ3v) is 2.16. The minimum atomic E-state index is -4.80. The molecule has 0 amide bonds. The first-order chi connectivity index (χ1) is 7.77. The lowest BCUT2D eigenvalue weighted by molar-refractivity contribution is -0.137. The van der Waals surface area contributed by atoms with Gasteiger partial charge >= 0.3 is 6.18 Å². The predicted molar refractivity (Wildman–Crippen MR) is 48.5 cm³/mol. The van der Waals surface area contributed by atoms with E-state index >= 15 is 0 Å². The summed E-state index contributed by atoms with van der Waals surface area (Å²) in [5.74, 6) is 0. The highest BCUT2D eigenvalue weighted by Gasteiger charge is 2.35. The third kappa shape index (κ3) is 3.03. The zero-order valence-corrected chi connectivity index (χ0v) is 8.78. The molecule has 0 aromatic carbocycles. The molecule has 0 saturated heterocycles. The summed E-state index contributed by atoms with van der Waals surface area (Å²) in [6.07, 6.45) is -8.47. The van der Waals surface area contributed by atoms with Crippen LogP contribution in [0.2, 0.25) is 5.15 Å². The Morgan fingerprint density at radius 3 is 2.41 bits per heavy atom. The van der Waals surface area contributed by atoms with Gasteiger partial charge in [0.2, 0.25) is 0 Å². The van der Waals surface area contributed by atoms with Crippen molar-refractivity contribution >= 4 is 11.6 Å². The Bertz CT molecular complexity index is 464. The number of alkyl halides is 5. The molecule has 0 atom stereocenters. The van der Waals surface area contributed by atoms with Gasteiger partial charge in [0.15, 0.2) is 0 Å². The summed E-state index contributed by atoms with van der Waals surface area (Å²) >= 11 is 5.18. The normalized spacial score (nSPS) is 11.6. The Kier molecular flexibility index (Phi) is 3.88. The van der Waals surface area contributed by atoms with Crippen molar-refractivity contribution in [1.29, 1.82) is 5.26 Å². The Labute approximate surface area is 97.6 Å². The quantitative estimate of drug-likeness (QED) is 0.606. The van der Waals surface area contributed by atoms with Crippen molar-refractivity contribution in [2.24, 2.45) is 0 Å². The van der Waals surface area contributed by atoms with Crippen molar-refractivity contribution in [3.8, 4) is 6.07 Å². The van der Waals surface area contributed by atoms with E-state index in [1.807, 2.05) is 0 Å². The average Bonchev–Trinajstić information content (AvgIpc) is 2.18. The lowest BCUT2D eigenvalue weighted by atomic mass is 10.1. The molecule has 0 spiro atoms. The number of aromatic nitrogens is 1. The Morgan fingerprint density at radius 2 is 2.00 bits per heavy atom. The van der Waals surface area contributed by atoms with Gasteiger partial charge in [-0.1, -0.05) is 11.6 Å². The average molecular weight is 271 g/mol. The van der Waals surface area contributed by atoms with Gasteiger partial charge in [-0.25, -0.2) is 13.8 Å². The Morgan fingerprint density at radius 1 is 1.41 bits per heavy atom. The van der Waals surface area contributed by atoms with Crippen molar-refractivity contribution in [2.45, 2.75) is 19.0 Å². The van der Waals surface area contributed by atoms with Crippen molar-refractivity contribution in [1.82, 2.24) is 4.98 Å². The highest BCUT2D eigenvalue weighted by Crippen LogP contribution is 2.36. The van der Waals surface area contributed by atoms with Gasteiger partial charge in [0, 0.05) is 0 Å². The second kappa shape index (κ2) is 4.84. The van der Waals surface area contributed by atoms with Crippen LogP contribution in [0.4, 0.5) is 22.0 Å². The maximum atomic E-state index is 12.4. The molecule has 1 aromatic rings. The van der Waals surface area contributed by atoms with Crippen LogP contribution in [0.3, 0.4) is 0 Å². The summed E-state index contributed by atoms with van der Waals surface area (Å²) in [5.41, 5.74) is -2.70. The maximum absolute atomic E-state index is 12.4. The van der Waals surface area contributed by atoms with Gasteiger partial charge in [-0.05, 0) is 11.6 Å². The lowest BCUT2D eigenvalue weighted by Gasteiger charge is -2.12. The van der Waals surface area contributed by atoms with Crippen molar-refractivity contribution in [3.05, 3.63) is 28.0 Å². The molecule has 92 valence electrons. The molecule has 0 unspecified atom stereocenters. The van der Waals surface area contributed by atoms with Crippen LogP contribution in [0.25, 0.3) is 0 Å². The van der Waals surface area contributed by atoms with Crippen LogP contribution in [-0.4, -0.2) is 4.98 Å². The van der Waals surface area contributed by atoms with Crippen LogP contribution >= 0.6 is 11.6 Å². The first-order valence-corrected chi connectivity index (χ1v) is 4.56. The van der Waals surface area contributed by atoms with Gasteiger partial charge in [-0.3, -0.25) is 0 Å². The van der Waals surface area contributed by atoms with E-state index in [-0.39, 0.29) is 0 Å². The van der Waals surface area contributed by atoms with Crippen molar-refractivity contribution in [3.63, 3.8) is 0 Å². The Balaban J connectivity index is 3.41. The number of nitrogens with zero attached hydrogens (tertiary/aromatic N) is 2. The summed E-state index contributed by atoms with van der Waals surface area (Å²) in [6.45, 7) is 0. The lowest BCUT2D eigenvalue weighted by Crippen LogP contribution is -2.10. The number of pyridine rings is 1. The SMILES string of the molecule is N#CCc1cc(C(F)(F)F)c(Cl)nc1C(F)F. The van der Waals surface area contributed by atoms with E-state index < -0.39 is 41.0 Å². The molecule has 0 aliphatic rings. The van der Waals surface area contributed by atoms with Crippen LogP contribution < -0.4 is 0 Å². The molecule has 17 heavy (non-hydrogen) atoms. The smallest absolute Gasteiger partial charge is 0.234 e. The predicted octanol–water partition coefficient (Wildman–Crippen LogP) is 3.76. The number of rotatable bonds is 2. The van der Waals surface area contributed by atoms with Crippen molar-refractivity contribution < 1.29 is 22.0 Å². The van der Waals surface area contributed by atoms with Gasteiger partial charge in [-0.2, -0.15) is 18.4 Å². The van der Waals surface area contributed by atoms with Crippen LogP contribution in [0.5, 0.6) is 0 Å².